The van der Waals surface area contributed by atoms with Crippen molar-refractivity contribution in [2.75, 3.05) is 6.79 Å². The highest BCUT2D eigenvalue weighted by Gasteiger charge is 2.23. The second kappa shape index (κ2) is 5.24. The molecule has 0 amide bonds. The van der Waals surface area contributed by atoms with E-state index in [1.54, 1.807) is 24.3 Å². The Labute approximate surface area is 128 Å². The summed E-state index contributed by atoms with van der Waals surface area (Å²) in [6.45, 7) is 0.0832. The van der Waals surface area contributed by atoms with E-state index in [4.69, 9.17) is 21.1 Å². The Morgan fingerprint density at radius 3 is 2.90 bits per heavy atom. The minimum absolute atomic E-state index is 0.0832. The van der Waals surface area contributed by atoms with Gasteiger partial charge < -0.3 is 14.6 Å². The minimum Gasteiger partial charge on any atom is -0.454 e. The highest BCUT2D eigenvalue weighted by atomic mass is 79.9. The van der Waals surface area contributed by atoms with Crippen LogP contribution in [0.25, 0.3) is 0 Å². The van der Waals surface area contributed by atoms with Crippen molar-refractivity contribution >= 4 is 27.5 Å². The topological polar surface area (TPSA) is 38.7 Å². The maximum absolute atomic E-state index is 14.0. The molecule has 1 atom stereocenters. The van der Waals surface area contributed by atoms with Crippen LogP contribution < -0.4 is 9.47 Å². The molecule has 2 aromatic rings. The lowest BCUT2D eigenvalue weighted by molar-refractivity contribution is 0.173. The number of hydrogen-bond donors (Lipinski definition) is 1. The maximum atomic E-state index is 14.0. The lowest BCUT2D eigenvalue weighted by atomic mass is 10.0. The lowest BCUT2D eigenvalue weighted by Gasteiger charge is -2.14. The van der Waals surface area contributed by atoms with Crippen LogP contribution in [-0.2, 0) is 0 Å². The zero-order chi connectivity index (χ0) is 14.3. The van der Waals surface area contributed by atoms with E-state index in [1.807, 2.05) is 0 Å². The smallest absolute Gasteiger partial charge is 0.231 e. The molecule has 1 aliphatic heterocycles. The van der Waals surface area contributed by atoms with E-state index in [-0.39, 0.29) is 12.4 Å². The lowest BCUT2D eigenvalue weighted by Crippen LogP contribution is -2.03. The first-order valence-corrected chi connectivity index (χ1v) is 6.96. The van der Waals surface area contributed by atoms with Crippen molar-refractivity contribution < 1.29 is 19.0 Å². The van der Waals surface area contributed by atoms with E-state index in [2.05, 4.69) is 15.9 Å². The first kappa shape index (κ1) is 13.7. The number of rotatable bonds is 2. The van der Waals surface area contributed by atoms with Crippen LogP contribution in [0, 0.1) is 5.82 Å². The molecule has 6 heteroatoms. The largest absolute Gasteiger partial charge is 0.454 e. The summed E-state index contributed by atoms with van der Waals surface area (Å²) in [7, 11) is 0. The predicted molar refractivity (Wildman–Crippen MR) is 75.7 cm³/mol. The van der Waals surface area contributed by atoms with E-state index in [9.17, 15) is 9.50 Å². The Morgan fingerprint density at radius 1 is 1.30 bits per heavy atom. The first-order chi connectivity index (χ1) is 9.58. The van der Waals surface area contributed by atoms with E-state index in [1.165, 1.54) is 6.07 Å². The molecule has 1 N–H and O–H groups in total. The van der Waals surface area contributed by atoms with Gasteiger partial charge >= 0.3 is 0 Å². The summed E-state index contributed by atoms with van der Waals surface area (Å²) in [4.78, 5) is 0. The molecule has 1 aliphatic rings. The summed E-state index contributed by atoms with van der Waals surface area (Å²) in [5, 5.41) is 10.7. The van der Waals surface area contributed by atoms with Gasteiger partial charge in [0.1, 0.15) is 11.9 Å². The van der Waals surface area contributed by atoms with Crippen LogP contribution >= 0.6 is 27.5 Å². The number of ether oxygens (including phenoxy) is 2. The Morgan fingerprint density at radius 2 is 2.10 bits per heavy atom. The Balaban J connectivity index is 2.05. The standard InChI is InChI=1S/C14H9BrClFO3/c15-9-3-1-2-8(12(9)17)13(18)7-4-10(16)14-11(5-7)19-6-20-14/h1-5,13,18H,6H2. The van der Waals surface area contributed by atoms with E-state index < -0.39 is 11.9 Å². The highest BCUT2D eigenvalue weighted by molar-refractivity contribution is 9.10. The number of aliphatic hydroxyl groups excluding tert-OH is 1. The van der Waals surface area contributed by atoms with Crippen LogP contribution in [0.5, 0.6) is 11.5 Å². The molecule has 0 radical (unpaired) electrons. The Kier molecular flexibility index (Phi) is 3.58. The van der Waals surface area contributed by atoms with Crippen molar-refractivity contribution in [3.05, 3.63) is 56.8 Å². The molecule has 0 fully saturated rings. The second-order valence-electron chi connectivity index (χ2n) is 4.28. The molecule has 1 heterocycles. The fourth-order valence-corrected chi connectivity index (χ4v) is 2.71. The van der Waals surface area contributed by atoms with Crippen LogP contribution in [0.1, 0.15) is 17.2 Å². The fourth-order valence-electron chi connectivity index (χ4n) is 2.06. The molecular formula is C14H9BrClFO3. The van der Waals surface area contributed by atoms with Gasteiger partial charge in [0.05, 0.1) is 9.50 Å². The average Bonchev–Trinajstić information content (AvgIpc) is 2.90. The van der Waals surface area contributed by atoms with Crippen molar-refractivity contribution in [1.82, 2.24) is 0 Å². The summed E-state index contributed by atoms with van der Waals surface area (Å²) < 4.78 is 24.7. The monoisotopic (exact) mass is 358 g/mol. The van der Waals surface area contributed by atoms with Crippen LogP contribution in [0.15, 0.2) is 34.8 Å². The number of halogens is 3. The predicted octanol–water partition coefficient (Wildman–Crippen LogP) is 4.05. The van der Waals surface area contributed by atoms with Gasteiger partial charge in [-0.1, -0.05) is 23.7 Å². The van der Waals surface area contributed by atoms with Gasteiger partial charge in [0, 0.05) is 5.56 Å². The van der Waals surface area contributed by atoms with Gasteiger partial charge in [0.2, 0.25) is 6.79 Å². The van der Waals surface area contributed by atoms with Gasteiger partial charge in [0.15, 0.2) is 11.5 Å². The third-order valence-corrected chi connectivity index (χ3v) is 3.93. The van der Waals surface area contributed by atoms with Crippen LogP contribution in [0.2, 0.25) is 5.02 Å². The second-order valence-corrected chi connectivity index (χ2v) is 5.54. The van der Waals surface area contributed by atoms with Gasteiger partial charge in [-0.25, -0.2) is 4.39 Å². The number of hydrogen-bond acceptors (Lipinski definition) is 3. The van der Waals surface area contributed by atoms with E-state index in [0.717, 1.165) is 0 Å². The van der Waals surface area contributed by atoms with E-state index >= 15 is 0 Å². The molecule has 2 aromatic carbocycles. The molecule has 0 aliphatic carbocycles. The molecule has 0 aromatic heterocycles. The average molecular weight is 360 g/mol. The first-order valence-electron chi connectivity index (χ1n) is 5.79. The normalized spacial score (nSPS) is 14.4. The van der Waals surface area contributed by atoms with Crippen molar-refractivity contribution in [2.24, 2.45) is 0 Å². The molecule has 0 saturated heterocycles. The zero-order valence-electron chi connectivity index (χ0n) is 10.1. The van der Waals surface area contributed by atoms with Gasteiger partial charge in [-0.3, -0.25) is 0 Å². The third kappa shape index (κ3) is 2.26. The molecule has 1 unspecified atom stereocenters. The van der Waals surface area contributed by atoms with Crippen LogP contribution in [0.4, 0.5) is 4.39 Å². The van der Waals surface area contributed by atoms with Crippen LogP contribution in [-0.4, -0.2) is 11.9 Å². The third-order valence-electron chi connectivity index (χ3n) is 3.04. The summed E-state index contributed by atoms with van der Waals surface area (Å²) >= 11 is 9.15. The number of benzene rings is 2. The molecule has 3 nitrogen and oxygen atoms in total. The highest BCUT2D eigenvalue weighted by Crippen LogP contribution is 2.42. The summed E-state index contributed by atoms with van der Waals surface area (Å²) in [5.74, 6) is 0.382. The Bertz CT molecular complexity index is 678. The van der Waals surface area contributed by atoms with Gasteiger partial charge in [-0.2, -0.15) is 0 Å². The van der Waals surface area contributed by atoms with Crippen molar-refractivity contribution in [2.45, 2.75) is 6.10 Å². The number of aliphatic hydroxyl groups is 1. The fraction of sp³-hybridized carbons (Fsp3) is 0.143. The summed E-state index contributed by atoms with van der Waals surface area (Å²) in [6.07, 6.45) is -1.14. The molecule has 0 spiro atoms. The SMILES string of the molecule is OC(c1cc(Cl)c2c(c1)OCO2)c1cccc(Br)c1F. The quantitative estimate of drug-likeness (QED) is 0.879. The van der Waals surface area contributed by atoms with Crippen molar-refractivity contribution in [3.8, 4) is 11.5 Å². The Hall–Kier alpha value is -1.30. The minimum atomic E-state index is -1.14. The molecule has 20 heavy (non-hydrogen) atoms. The molecule has 0 saturated carbocycles. The van der Waals surface area contributed by atoms with E-state index in [0.29, 0.717) is 26.6 Å². The number of fused-ring (bicyclic) bond motifs is 1. The van der Waals surface area contributed by atoms with Gasteiger partial charge in [0.25, 0.3) is 0 Å². The molecule has 0 bridgehead atoms. The molecular weight excluding hydrogens is 351 g/mol. The van der Waals surface area contributed by atoms with Crippen LogP contribution in [0.3, 0.4) is 0 Å². The summed E-state index contributed by atoms with van der Waals surface area (Å²) in [6, 6.07) is 7.88. The van der Waals surface area contributed by atoms with Crippen molar-refractivity contribution in [3.63, 3.8) is 0 Å². The van der Waals surface area contributed by atoms with Gasteiger partial charge in [-0.05, 0) is 39.7 Å². The van der Waals surface area contributed by atoms with Crippen molar-refractivity contribution in [1.29, 1.82) is 0 Å². The molecule has 104 valence electrons. The van der Waals surface area contributed by atoms with Gasteiger partial charge in [-0.15, -0.1) is 0 Å². The summed E-state index contributed by atoms with van der Waals surface area (Å²) in [5.41, 5.74) is 0.602. The zero-order valence-corrected chi connectivity index (χ0v) is 12.4. The molecule has 3 rings (SSSR count). The maximum Gasteiger partial charge on any atom is 0.231 e.